The number of aliphatic imine (C=N–C) groups is 2. The van der Waals surface area contributed by atoms with E-state index in [-0.39, 0.29) is 5.41 Å². The lowest BCUT2D eigenvalue weighted by Gasteiger charge is -2.34. The van der Waals surface area contributed by atoms with Gasteiger partial charge in [-0.3, -0.25) is 9.98 Å². The van der Waals surface area contributed by atoms with E-state index >= 15 is 0 Å². The number of hydrogen-bond acceptors (Lipinski definition) is 2. The largest absolute Gasteiger partial charge is 0.280 e. The molecule has 1 aliphatic rings. The van der Waals surface area contributed by atoms with E-state index in [0.29, 0.717) is 12.5 Å². The Morgan fingerprint density at radius 2 is 1.38 bits per heavy atom. The zero-order valence-electron chi connectivity index (χ0n) is 23.4. The molecule has 0 saturated carbocycles. The van der Waals surface area contributed by atoms with Crippen LogP contribution in [0.15, 0.2) is 155 Å². The van der Waals surface area contributed by atoms with Crippen LogP contribution in [0.25, 0.3) is 5.70 Å². The summed E-state index contributed by atoms with van der Waals surface area (Å²) in [6.45, 7) is 9.00. The summed E-state index contributed by atoms with van der Waals surface area (Å²) >= 11 is 0. The van der Waals surface area contributed by atoms with Gasteiger partial charge in [-0.2, -0.15) is 0 Å². The fourth-order valence-electron chi connectivity index (χ4n) is 5.28. The number of nitrogens with zero attached hydrogens (tertiary/aromatic N) is 2. The Labute approximate surface area is 238 Å². The highest BCUT2D eigenvalue weighted by molar-refractivity contribution is 6.12. The number of hydrogen-bond donors (Lipinski definition) is 0. The molecule has 0 spiro atoms. The molecule has 4 aromatic carbocycles. The predicted octanol–water partition coefficient (Wildman–Crippen LogP) is 9.25. The first-order chi connectivity index (χ1) is 19.6. The lowest BCUT2D eigenvalue weighted by atomic mass is 9.69. The molecule has 1 aliphatic carbocycles. The maximum atomic E-state index is 5.06. The molecule has 0 aromatic heterocycles. The van der Waals surface area contributed by atoms with E-state index in [2.05, 4.69) is 111 Å². The number of allylic oxidation sites excluding steroid dienone is 5. The van der Waals surface area contributed by atoms with Gasteiger partial charge >= 0.3 is 0 Å². The van der Waals surface area contributed by atoms with Gasteiger partial charge < -0.3 is 0 Å². The minimum Gasteiger partial charge on any atom is -0.280 e. The van der Waals surface area contributed by atoms with E-state index in [9.17, 15) is 0 Å². The van der Waals surface area contributed by atoms with Crippen molar-refractivity contribution in [2.75, 3.05) is 0 Å². The smallest absolute Gasteiger partial charge is 0.0716 e. The molecule has 198 valence electrons. The summed E-state index contributed by atoms with van der Waals surface area (Å²) in [6.07, 6.45) is 10.2. The molecule has 0 bridgehead atoms. The molecule has 0 amide bonds. The summed E-state index contributed by atoms with van der Waals surface area (Å²) < 4.78 is 0. The van der Waals surface area contributed by atoms with Gasteiger partial charge in [-0.25, -0.2) is 0 Å². The molecule has 0 fully saturated rings. The number of rotatable bonds is 9. The Morgan fingerprint density at radius 1 is 0.800 bits per heavy atom. The summed E-state index contributed by atoms with van der Waals surface area (Å²) in [6, 6.07) is 40.2. The average Bonchev–Trinajstić information content (AvgIpc) is 3.03. The van der Waals surface area contributed by atoms with Crippen LogP contribution in [0.5, 0.6) is 0 Å². The van der Waals surface area contributed by atoms with Crippen LogP contribution in [0.3, 0.4) is 0 Å². The van der Waals surface area contributed by atoms with E-state index in [0.717, 1.165) is 34.5 Å². The van der Waals surface area contributed by atoms with E-state index in [1.54, 1.807) is 0 Å². The highest BCUT2D eigenvalue weighted by Gasteiger charge is 2.32. The van der Waals surface area contributed by atoms with Gasteiger partial charge in [-0.1, -0.05) is 140 Å². The summed E-state index contributed by atoms with van der Waals surface area (Å²) in [5, 5.41) is 0. The Balaban J connectivity index is 1.47. The molecule has 0 N–H and O–H groups in total. The van der Waals surface area contributed by atoms with Crippen LogP contribution in [0.1, 0.15) is 48.1 Å². The zero-order valence-corrected chi connectivity index (χ0v) is 23.4. The third kappa shape index (κ3) is 6.02. The van der Waals surface area contributed by atoms with Gasteiger partial charge in [0.1, 0.15) is 0 Å². The molecule has 0 saturated heterocycles. The van der Waals surface area contributed by atoms with Crippen molar-refractivity contribution in [1.29, 1.82) is 0 Å². The highest BCUT2D eigenvalue weighted by atomic mass is 14.8. The summed E-state index contributed by atoms with van der Waals surface area (Å²) in [7, 11) is 0. The normalized spacial score (nSPS) is 17.1. The second-order valence-electron chi connectivity index (χ2n) is 10.5. The Kier molecular flexibility index (Phi) is 8.47. The van der Waals surface area contributed by atoms with Crippen LogP contribution in [-0.4, -0.2) is 12.4 Å². The van der Waals surface area contributed by atoms with Gasteiger partial charge in [-0.05, 0) is 59.9 Å². The molecule has 5 rings (SSSR count). The Morgan fingerprint density at radius 3 is 1.95 bits per heavy atom. The topological polar surface area (TPSA) is 24.7 Å². The Bertz CT molecular complexity index is 1540. The van der Waals surface area contributed by atoms with E-state index in [1.165, 1.54) is 16.7 Å². The summed E-state index contributed by atoms with van der Waals surface area (Å²) in [5.74, 6) is 0.579. The second-order valence-corrected chi connectivity index (χ2v) is 10.5. The average molecular weight is 521 g/mol. The molecular formula is C38H36N2. The van der Waals surface area contributed by atoms with Gasteiger partial charge in [0.2, 0.25) is 0 Å². The molecule has 4 aromatic rings. The van der Waals surface area contributed by atoms with Gasteiger partial charge in [0.15, 0.2) is 0 Å². The quantitative estimate of drug-likeness (QED) is 0.197. The lowest BCUT2D eigenvalue weighted by molar-refractivity contribution is 0.653. The standard InChI is InChI=1S/C38H36N2/c1-29-19-23-34(24-20-29)38(2,33-17-11-6-12-18-33)35-25-21-30(22-26-35)28-40-37(32-15-9-5-10-16-32)27-36(39-3)31-13-7-4-8-14-31/h4-19,21-27,29H,3,20,28H2,1-2H3/b36-27-,40-37?. The zero-order chi connectivity index (χ0) is 27.8. The number of benzene rings is 4. The van der Waals surface area contributed by atoms with Crippen molar-refractivity contribution in [3.8, 4) is 0 Å². The van der Waals surface area contributed by atoms with E-state index < -0.39 is 0 Å². The van der Waals surface area contributed by atoms with Crippen LogP contribution >= 0.6 is 0 Å². The fourth-order valence-corrected chi connectivity index (χ4v) is 5.28. The predicted molar refractivity (Wildman–Crippen MR) is 171 cm³/mol. The maximum absolute atomic E-state index is 5.06. The summed E-state index contributed by atoms with van der Waals surface area (Å²) in [4.78, 5) is 9.37. The molecule has 40 heavy (non-hydrogen) atoms. The first-order valence-electron chi connectivity index (χ1n) is 14.0. The molecule has 2 unspecified atom stereocenters. The van der Waals surface area contributed by atoms with Gasteiger partial charge in [0.05, 0.1) is 18.0 Å². The van der Waals surface area contributed by atoms with Crippen molar-refractivity contribution in [3.63, 3.8) is 0 Å². The van der Waals surface area contributed by atoms with Crippen molar-refractivity contribution in [2.24, 2.45) is 15.9 Å². The van der Waals surface area contributed by atoms with Crippen molar-refractivity contribution >= 4 is 18.1 Å². The van der Waals surface area contributed by atoms with Crippen LogP contribution in [0, 0.1) is 5.92 Å². The lowest BCUT2D eigenvalue weighted by Crippen LogP contribution is -2.26. The van der Waals surface area contributed by atoms with Crippen molar-refractivity contribution in [1.82, 2.24) is 0 Å². The third-order valence-electron chi connectivity index (χ3n) is 7.79. The monoisotopic (exact) mass is 520 g/mol. The van der Waals surface area contributed by atoms with Crippen LogP contribution in [0.4, 0.5) is 0 Å². The van der Waals surface area contributed by atoms with Crippen LogP contribution < -0.4 is 0 Å². The van der Waals surface area contributed by atoms with Crippen molar-refractivity contribution in [2.45, 2.75) is 32.2 Å². The second kappa shape index (κ2) is 12.5. The van der Waals surface area contributed by atoms with E-state index in [4.69, 9.17) is 4.99 Å². The minimum absolute atomic E-state index is 0.224. The van der Waals surface area contributed by atoms with Gasteiger partial charge in [0.25, 0.3) is 0 Å². The fraction of sp³-hybridized carbons (Fsp3) is 0.158. The Hall–Kier alpha value is -4.56. The van der Waals surface area contributed by atoms with Crippen molar-refractivity contribution in [3.05, 3.63) is 173 Å². The van der Waals surface area contributed by atoms with Gasteiger partial charge in [-0.15, -0.1) is 0 Å². The first-order valence-corrected chi connectivity index (χ1v) is 14.0. The molecule has 2 nitrogen and oxygen atoms in total. The maximum Gasteiger partial charge on any atom is 0.0716 e. The minimum atomic E-state index is -0.224. The first kappa shape index (κ1) is 27.0. The van der Waals surface area contributed by atoms with Crippen LogP contribution in [-0.2, 0) is 12.0 Å². The molecule has 0 aliphatic heterocycles. The molecule has 2 atom stereocenters. The highest BCUT2D eigenvalue weighted by Crippen LogP contribution is 2.41. The molecule has 0 heterocycles. The van der Waals surface area contributed by atoms with Crippen molar-refractivity contribution < 1.29 is 0 Å². The molecular weight excluding hydrogens is 484 g/mol. The summed E-state index contributed by atoms with van der Waals surface area (Å²) in [5.41, 5.74) is 8.63. The molecule has 0 radical (unpaired) electrons. The third-order valence-corrected chi connectivity index (χ3v) is 7.79. The van der Waals surface area contributed by atoms with Crippen LogP contribution in [0.2, 0.25) is 0 Å². The van der Waals surface area contributed by atoms with Gasteiger partial charge in [0, 0.05) is 11.0 Å². The SMILES string of the molecule is C=N/C(=C\C(=NCc1ccc(C(C)(C2=CCC(C)C=C2)c2ccccc2)cc1)c1ccccc1)c1ccccc1. The molecule has 2 heteroatoms. The van der Waals surface area contributed by atoms with E-state index in [1.807, 2.05) is 54.6 Å².